The second-order valence-electron chi connectivity index (χ2n) is 5.21. The number of pyridine rings is 1. The Hall–Kier alpha value is -2.60. The minimum absolute atomic E-state index is 0.157. The fourth-order valence-corrected chi connectivity index (χ4v) is 3.53. The summed E-state index contributed by atoms with van der Waals surface area (Å²) in [6, 6.07) is 11.4. The van der Waals surface area contributed by atoms with Crippen molar-refractivity contribution in [1.29, 1.82) is 0 Å². The zero-order chi connectivity index (χ0) is 15.6. The summed E-state index contributed by atoms with van der Waals surface area (Å²) in [4.78, 5) is 22.8. The molecule has 3 heterocycles. The second-order valence-corrected chi connectivity index (χ2v) is 6.05. The maximum Gasteiger partial charge on any atom is 0.257 e. The maximum atomic E-state index is 12.1. The van der Waals surface area contributed by atoms with Gasteiger partial charge in [-0.2, -0.15) is 0 Å². The van der Waals surface area contributed by atoms with E-state index in [-0.39, 0.29) is 5.91 Å². The van der Waals surface area contributed by atoms with Crippen molar-refractivity contribution in [3.63, 3.8) is 0 Å². The van der Waals surface area contributed by atoms with Gasteiger partial charge >= 0.3 is 0 Å². The number of hydrogen-bond acceptors (Lipinski definition) is 5. The Labute approximate surface area is 138 Å². The van der Waals surface area contributed by atoms with Crippen LogP contribution < -0.4 is 5.32 Å². The van der Waals surface area contributed by atoms with Crippen LogP contribution in [0.1, 0.15) is 15.9 Å². The molecule has 6 heteroatoms. The summed E-state index contributed by atoms with van der Waals surface area (Å²) in [5, 5.41) is 6.09. The van der Waals surface area contributed by atoms with Crippen LogP contribution in [0.2, 0.25) is 0 Å². The minimum Gasteiger partial charge on any atom is -0.322 e. The number of nitrogens with one attached hydrogen (secondary N) is 1. The lowest BCUT2D eigenvalue weighted by atomic mass is 10.1. The van der Waals surface area contributed by atoms with Crippen molar-refractivity contribution < 1.29 is 4.79 Å². The number of fused-ring (bicyclic) bond motifs is 1. The molecule has 1 N–H and O–H groups in total. The number of amides is 1. The smallest absolute Gasteiger partial charge is 0.257 e. The first-order valence-electron chi connectivity index (χ1n) is 7.32. The van der Waals surface area contributed by atoms with E-state index >= 15 is 0 Å². The monoisotopic (exact) mass is 322 g/mol. The normalized spacial score (nSPS) is 15.9. The Bertz CT molecular complexity index is 799. The van der Waals surface area contributed by atoms with Gasteiger partial charge in [-0.25, -0.2) is 0 Å². The topological polar surface area (TPSA) is 57.6 Å². The molecule has 114 valence electrons. The minimum atomic E-state index is -0.157. The van der Waals surface area contributed by atoms with Crippen LogP contribution in [-0.4, -0.2) is 34.0 Å². The average Bonchev–Trinajstić information content (AvgIpc) is 3.20. The number of carbonyl (C=O) groups is 1. The van der Waals surface area contributed by atoms with Crippen LogP contribution >= 0.6 is 11.8 Å². The molecule has 2 aliphatic heterocycles. The first-order chi connectivity index (χ1) is 11.3. The van der Waals surface area contributed by atoms with E-state index in [1.165, 1.54) is 5.70 Å². The molecule has 5 nitrogen and oxygen atoms in total. The van der Waals surface area contributed by atoms with Crippen molar-refractivity contribution in [3.8, 4) is 0 Å². The number of aromatic nitrogens is 1. The van der Waals surface area contributed by atoms with E-state index in [1.54, 1.807) is 36.3 Å². The Morgan fingerprint density at radius 2 is 2.09 bits per heavy atom. The van der Waals surface area contributed by atoms with Gasteiger partial charge in [0.05, 0.1) is 17.8 Å². The molecule has 0 unspecified atom stereocenters. The quantitative estimate of drug-likeness (QED) is 0.943. The van der Waals surface area contributed by atoms with E-state index in [0.717, 1.165) is 29.5 Å². The van der Waals surface area contributed by atoms with Crippen molar-refractivity contribution in [1.82, 2.24) is 9.88 Å². The lowest BCUT2D eigenvalue weighted by Crippen LogP contribution is -2.19. The van der Waals surface area contributed by atoms with Crippen LogP contribution in [0.3, 0.4) is 0 Å². The van der Waals surface area contributed by atoms with E-state index in [1.807, 2.05) is 24.3 Å². The van der Waals surface area contributed by atoms with Crippen LogP contribution in [-0.2, 0) is 0 Å². The van der Waals surface area contributed by atoms with Crippen molar-refractivity contribution in [2.75, 3.05) is 18.4 Å². The Kier molecular flexibility index (Phi) is 3.59. The van der Waals surface area contributed by atoms with Crippen LogP contribution in [0.25, 0.3) is 5.70 Å². The molecule has 0 atom stereocenters. The van der Waals surface area contributed by atoms with Crippen LogP contribution in [0, 0.1) is 0 Å². The zero-order valence-electron chi connectivity index (χ0n) is 12.3. The van der Waals surface area contributed by atoms with E-state index < -0.39 is 0 Å². The van der Waals surface area contributed by atoms with Gasteiger partial charge in [0, 0.05) is 30.0 Å². The molecular formula is C17H14N4OS. The molecule has 4 rings (SSSR count). The molecule has 1 aromatic carbocycles. The number of anilines is 1. The fourth-order valence-electron chi connectivity index (χ4n) is 2.57. The van der Waals surface area contributed by atoms with Gasteiger partial charge in [-0.1, -0.05) is 23.9 Å². The maximum absolute atomic E-state index is 12.1. The third-order valence-electron chi connectivity index (χ3n) is 3.73. The predicted octanol–water partition coefficient (Wildman–Crippen LogP) is 3.05. The summed E-state index contributed by atoms with van der Waals surface area (Å²) in [6.07, 6.45) is 3.20. The van der Waals surface area contributed by atoms with E-state index in [0.29, 0.717) is 5.56 Å². The molecule has 0 bridgehead atoms. The van der Waals surface area contributed by atoms with E-state index in [4.69, 9.17) is 0 Å². The molecule has 1 amide bonds. The van der Waals surface area contributed by atoms with Gasteiger partial charge in [-0.15, -0.1) is 0 Å². The summed E-state index contributed by atoms with van der Waals surface area (Å²) in [7, 11) is 0. The Balaban J connectivity index is 1.48. The van der Waals surface area contributed by atoms with Gasteiger partial charge in [-0.3, -0.25) is 14.8 Å². The fraction of sp³-hybridized carbons (Fsp3) is 0.118. The number of nitrogens with zero attached hydrogens (tertiary/aromatic N) is 3. The van der Waals surface area contributed by atoms with Gasteiger partial charge in [0.2, 0.25) is 0 Å². The molecule has 2 aromatic rings. The lowest BCUT2D eigenvalue weighted by molar-refractivity contribution is 0.102. The van der Waals surface area contributed by atoms with Gasteiger partial charge in [0.15, 0.2) is 5.17 Å². The highest BCUT2D eigenvalue weighted by Crippen LogP contribution is 2.35. The second kappa shape index (κ2) is 5.89. The number of thioether (sulfide) groups is 1. The van der Waals surface area contributed by atoms with Gasteiger partial charge in [0.1, 0.15) is 0 Å². The molecule has 0 spiro atoms. The number of benzene rings is 1. The molecule has 1 aromatic heterocycles. The average molecular weight is 322 g/mol. The van der Waals surface area contributed by atoms with Gasteiger partial charge in [-0.05, 0) is 29.8 Å². The zero-order valence-corrected chi connectivity index (χ0v) is 13.1. The van der Waals surface area contributed by atoms with Crippen molar-refractivity contribution in [2.24, 2.45) is 4.99 Å². The number of carbonyl (C=O) groups excluding carboxylic acids is 1. The molecule has 0 saturated carbocycles. The van der Waals surface area contributed by atoms with Crippen molar-refractivity contribution in [3.05, 3.63) is 65.3 Å². The predicted molar refractivity (Wildman–Crippen MR) is 93.2 cm³/mol. The van der Waals surface area contributed by atoms with Crippen molar-refractivity contribution >= 4 is 34.2 Å². The highest BCUT2D eigenvalue weighted by Gasteiger charge is 2.26. The summed E-state index contributed by atoms with van der Waals surface area (Å²) in [5.41, 5.74) is 3.62. The summed E-state index contributed by atoms with van der Waals surface area (Å²) >= 11 is 1.67. The third-order valence-corrected chi connectivity index (χ3v) is 4.63. The summed E-state index contributed by atoms with van der Waals surface area (Å²) < 4.78 is 0. The molecule has 0 fully saturated rings. The standard InChI is InChI=1S/C17H14N4OS/c22-16(13-2-1-7-18-10-13)20-14-5-3-12(4-6-14)15-11-23-17-19-8-9-21(15)17/h1-7,10-11H,8-9H2,(H,20,22). The van der Waals surface area contributed by atoms with Crippen molar-refractivity contribution in [2.45, 2.75) is 0 Å². The molecular weight excluding hydrogens is 308 g/mol. The summed E-state index contributed by atoms with van der Waals surface area (Å²) in [6.45, 7) is 1.80. The number of aliphatic imine (C=N–C) groups is 1. The van der Waals surface area contributed by atoms with Crippen LogP contribution in [0.4, 0.5) is 5.69 Å². The molecule has 2 aliphatic rings. The number of amidine groups is 1. The first-order valence-corrected chi connectivity index (χ1v) is 8.20. The lowest BCUT2D eigenvalue weighted by Gasteiger charge is -2.16. The highest BCUT2D eigenvalue weighted by atomic mass is 32.2. The Morgan fingerprint density at radius 3 is 2.87 bits per heavy atom. The van der Waals surface area contributed by atoms with Crippen LogP contribution in [0.5, 0.6) is 0 Å². The number of rotatable bonds is 3. The molecule has 0 aliphatic carbocycles. The number of hydrogen-bond donors (Lipinski definition) is 1. The molecule has 0 saturated heterocycles. The van der Waals surface area contributed by atoms with E-state index in [2.05, 4.69) is 25.6 Å². The van der Waals surface area contributed by atoms with Gasteiger partial charge < -0.3 is 10.2 Å². The van der Waals surface area contributed by atoms with Crippen LogP contribution in [0.15, 0.2) is 59.2 Å². The molecule has 0 radical (unpaired) electrons. The molecule has 23 heavy (non-hydrogen) atoms. The van der Waals surface area contributed by atoms with Gasteiger partial charge in [0.25, 0.3) is 5.91 Å². The third kappa shape index (κ3) is 2.73. The first kappa shape index (κ1) is 14.0. The van der Waals surface area contributed by atoms with E-state index in [9.17, 15) is 4.79 Å². The largest absolute Gasteiger partial charge is 0.322 e. The Morgan fingerprint density at radius 1 is 1.22 bits per heavy atom. The highest BCUT2D eigenvalue weighted by molar-refractivity contribution is 8.16. The SMILES string of the molecule is O=C(Nc1ccc(C2=CSC3=NCCN23)cc1)c1cccnc1. The summed E-state index contributed by atoms with van der Waals surface area (Å²) in [5.74, 6) is -0.157.